The van der Waals surface area contributed by atoms with E-state index in [0.29, 0.717) is 0 Å². The zero-order valence-electron chi connectivity index (χ0n) is 9.29. The molecule has 0 unspecified atom stereocenters. The van der Waals surface area contributed by atoms with Crippen LogP contribution >= 0.6 is 11.8 Å². The molecule has 1 aromatic rings. The largest absolute Gasteiger partial charge is 0.309 e. The third-order valence-corrected chi connectivity index (χ3v) is 3.15. The molecular weight excluding hydrogens is 209 g/mol. The van der Waals surface area contributed by atoms with Crippen LogP contribution < -0.4 is 5.32 Å². The Balaban J connectivity index is 2.36. The predicted molar refractivity (Wildman–Crippen MR) is 65.8 cm³/mol. The van der Waals surface area contributed by atoms with Crippen molar-refractivity contribution in [2.24, 2.45) is 0 Å². The molecule has 3 heteroatoms. The lowest BCUT2D eigenvalue weighted by atomic mass is 10.1. The van der Waals surface area contributed by atoms with Crippen LogP contribution in [0.2, 0.25) is 0 Å². The summed E-state index contributed by atoms with van der Waals surface area (Å²) in [4.78, 5) is 0. The predicted octanol–water partition coefficient (Wildman–Crippen LogP) is 3.23. The lowest BCUT2D eigenvalue weighted by Gasteiger charge is -2.13. The van der Waals surface area contributed by atoms with E-state index in [1.54, 1.807) is 12.1 Å². The van der Waals surface area contributed by atoms with Gasteiger partial charge in [-0.15, -0.1) is 0 Å². The molecule has 1 aromatic carbocycles. The van der Waals surface area contributed by atoms with Crippen molar-refractivity contribution in [1.82, 2.24) is 5.32 Å². The van der Waals surface area contributed by atoms with Crippen LogP contribution in [-0.4, -0.2) is 18.1 Å². The van der Waals surface area contributed by atoms with Crippen molar-refractivity contribution in [3.63, 3.8) is 0 Å². The molecule has 0 fully saturated rings. The summed E-state index contributed by atoms with van der Waals surface area (Å²) in [5.41, 5.74) is 1.01. The van der Waals surface area contributed by atoms with Crippen molar-refractivity contribution in [3.05, 3.63) is 35.6 Å². The molecule has 0 aromatic heterocycles. The molecule has 0 aliphatic carbocycles. The van der Waals surface area contributed by atoms with Crippen LogP contribution in [0.3, 0.4) is 0 Å². The Bertz CT molecular complexity index is 291. The molecule has 1 N–H and O–H groups in total. The van der Waals surface area contributed by atoms with E-state index in [4.69, 9.17) is 0 Å². The van der Waals surface area contributed by atoms with E-state index in [0.717, 1.165) is 23.6 Å². The fraction of sp³-hybridized carbons (Fsp3) is 0.500. The lowest BCUT2D eigenvalue weighted by Crippen LogP contribution is -2.21. The Kier molecular flexibility index (Phi) is 5.73. The van der Waals surface area contributed by atoms with Gasteiger partial charge in [-0.25, -0.2) is 4.39 Å². The average Bonchev–Trinajstić information content (AvgIpc) is 2.24. The number of hydrogen-bond acceptors (Lipinski definition) is 2. The molecule has 1 atom stereocenters. The van der Waals surface area contributed by atoms with Crippen LogP contribution in [0.5, 0.6) is 0 Å². The van der Waals surface area contributed by atoms with Crippen molar-refractivity contribution >= 4 is 11.8 Å². The number of halogens is 1. The summed E-state index contributed by atoms with van der Waals surface area (Å²) >= 11 is 1.91. The Morgan fingerprint density at radius 2 is 2.27 bits per heavy atom. The summed E-state index contributed by atoms with van der Waals surface area (Å²) in [6, 6.07) is 6.99. The monoisotopic (exact) mass is 227 g/mol. The average molecular weight is 227 g/mol. The number of benzene rings is 1. The number of hydrogen-bond donors (Lipinski definition) is 1. The minimum Gasteiger partial charge on any atom is -0.309 e. The van der Waals surface area contributed by atoms with Crippen LogP contribution in [0.1, 0.15) is 25.5 Å². The highest BCUT2D eigenvalue weighted by Gasteiger charge is 2.04. The van der Waals surface area contributed by atoms with E-state index in [-0.39, 0.29) is 11.9 Å². The van der Waals surface area contributed by atoms with E-state index in [1.807, 2.05) is 17.8 Å². The number of nitrogens with one attached hydrogen (secondary N) is 1. The Morgan fingerprint density at radius 1 is 1.47 bits per heavy atom. The summed E-state index contributed by atoms with van der Waals surface area (Å²) in [6.45, 7) is 5.18. The molecule has 0 spiro atoms. The van der Waals surface area contributed by atoms with Crippen LogP contribution in [0, 0.1) is 5.82 Å². The fourth-order valence-corrected chi connectivity index (χ4v) is 1.94. The molecule has 0 bridgehead atoms. The van der Waals surface area contributed by atoms with Crippen molar-refractivity contribution in [2.45, 2.75) is 19.9 Å². The molecule has 1 nitrogen and oxygen atoms in total. The van der Waals surface area contributed by atoms with E-state index in [1.165, 1.54) is 6.07 Å². The van der Waals surface area contributed by atoms with Crippen LogP contribution in [0.4, 0.5) is 4.39 Å². The van der Waals surface area contributed by atoms with Gasteiger partial charge in [-0.3, -0.25) is 0 Å². The van der Waals surface area contributed by atoms with E-state index in [2.05, 4.69) is 19.2 Å². The normalized spacial score (nSPS) is 12.7. The Morgan fingerprint density at radius 3 is 2.93 bits per heavy atom. The standard InChI is InChI=1S/C12H18FNS/c1-3-15-8-7-14-10(2)11-5-4-6-12(13)9-11/h4-6,9-10,14H,3,7-8H2,1-2H3/t10-/m0/s1. The summed E-state index contributed by atoms with van der Waals surface area (Å²) in [5.74, 6) is 2.09. The maximum atomic E-state index is 12.9. The first kappa shape index (κ1) is 12.5. The summed E-state index contributed by atoms with van der Waals surface area (Å²) in [5, 5.41) is 3.37. The number of thioether (sulfide) groups is 1. The zero-order valence-corrected chi connectivity index (χ0v) is 10.1. The van der Waals surface area contributed by atoms with Gasteiger partial charge in [0.15, 0.2) is 0 Å². The van der Waals surface area contributed by atoms with Gasteiger partial charge < -0.3 is 5.32 Å². The first-order chi connectivity index (χ1) is 7.24. The maximum absolute atomic E-state index is 12.9. The highest BCUT2D eigenvalue weighted by atomic mass is 32.2. The minimum atomic E-state index is -0.163. The molecule has 0 radical (unpaired) electrons. The molecule has 84 valence electrons. The lowest BCUT2D eigenvalue weighted by molar-refractivity contribution is 0.585. The molecule has 0 aliphatic heterocycles. The Labute approximate surface area is 95.5 Å². The second kappa shape index (κ2) is 6.85. The molecule has 1 rings (SSSR count). The second-order valence-corrected chi connectivity index (χ2v) is 4.82. The molecule has 0 amide bonds. The summed E-state index contributed by atoms with van der Waals surface area (Å²) < 4.78 is 12.9. The van der Waals surface area contributed by atoms with Crippen LogP contribution in [-0.2, 0) is 0 Å². The molecule has 0 heterocycles. The van der Waals surface area contributed by atoms with Gasteiger partial charge in [0.05, 0.1) is 0 Å². The van der Waals surface area contributed by atoms with E-state index < -0.39 is 0 Å². The smallest absolute Gasteiger partial charge is 0.123 e. The third kappa shape index (κ3) is 4.67. The van der Waals surface area contributed by atoms with Gasteiger partial charge in [0.1, 0.15) is 5.82 Å². The first-order valence-electron chi connectivity index (χ1n) is 5.30. The third-order valence-electron chi connectivity index (χ3n) is 2.25. The van der Waals surface area contributed by atoms with Gasteiger partial charge in [-0.1, -0.05) is 19.1 Å². The van der Waals surface area contributed by atoms with E-state index in [9.17, 15) is 4.39 Å². The quantitative estimate of drug-likeness (QED) is 0.749. The molecule has 0 aliphatic rings. The van der Waals surface area contributed by atoms with Gasteiger partial charge >= 0.3 is 0 Å². The van der Waals surface area contributed by atoms with Crippen molar-refractivity contribution in [2.75, 3.05) is 18.1 Å². The van der Waals surface area contributed by atoms with Gasteiger partial charge in [0.2, 0.25) is 0 Å². The van der Waals surface area contributed by atoms with Crippen molar-refractivity contribution in [1.29, 1.82) is 0 Å². The topological polar surface area (TPSA) is 12.0 Å². The second-order valence-electron chi connectivity index (χ2n) is 3.43. The zero-order chi connectivity index (χ0) is 11.1. The maximum Gasteiger partial charge on any atom is 0.123 e. The molecule has 0 saturated carbocycles. The highest BCUT2D eigenvalue weighted by molar-refractivity contribution is 7.99. The first-order valence-corrected chi connectivity index (χ1v) is 6.46. The van der Waals surface area contributed by atoms with Crippen molar-refractivity contribution < 1.29 is 4.39 Å². The molecular formula is C12H18FNS. The van der Waals surface area contributed by atoms with Crippen LogP contribution in [0.15, 0.2) is 24.3 Å². The minimum absolute atomic E-state index is 0.163. The Hall–Kier alpha value is -0.540. The van der Waals surface area contributed by atoms with Crippen LogP contribution in [0.25, 0.3) is 0 Å². The number of rotatable bonds is 6. The molecule has 0 saturated heterocycles. The van der Waals surface area contributed by atoms with Gasteiger partial charge in [-0.2, -0.15) is 11.8 Å². The SMILES string of the molecule is CCSCCN[C@@H](C)c1cccc(F)c1. The summed E-state index contributed by atoms with van der Waals surface area (Å²) in [7, 11) is 0. The fourth-order valence-electron chi connectivity index (χ4n) is 1.39. The summed E-state index contributed by atoms with van der Waals surface area (Å²) in [6.07, 6.45) is 0. The highest BCUT2D eigenvalue weighted by Crippen LogP contribution is 2.13. The van der Waals surface area contributed by atoms with Crippen molar-refractivity contribution in [3.8, 4) is 0 Å². The van der Waals surface area contributed by atoms with Gasteiger partial charge in [0.25, 0.3) is 0 Å². The van der Waals surface area contributed by atoms with E-state index >= 15 is 0 Å². The van der Waals surface area contributed by atoms with Gasteiger partial charge in [0, 0.05) is 18.3 Å². The molecule has 15 heavy (non-hydrogen) atoms. The van der Waals surface area contributed by atoms with Gasteiger partial charge in [-0.05, 0) is 30.4 Å².